The van der Waals surface area contributed by atoms with Gasteiger partial charge in [0.05, 0.1) is 11.3 Å². The SMILES string of the molecule is CCNC(=O)c1csc2nc(Cc3cccc(C#N)c3F)cc(=O)n12. The topological polar surface area (TPSA) is 87.3 Å². The number of hydrogen-bond acceptors (Lipinski definition) is 5. The lowest BCUT2D eigenvalue weighted by Gasteiger charge is -2.05. The van der Waals surface area contributed by atoms with E-state index < -0.39 is 11.4 Å². The van der Waals surface area contributed by atoms with Crippen molar-refractivity contribution in [1.29, 1.82) is 5.26 Å². The number of nitriles is 1. The molecule has 6 nitrogen and oxygen atoms in total. The van der Waals surface area contributed by atoms with Gasteiger partial charge in [0.2, 0.25) is 0 Å². The number of fused-ring (bicyclic) bond motifs is 1. The van der Waals surface area contributed by atoms with E-state index in [0.717, 1.165) is 11.3 Å². The Balaban J connectivity index is 2.02. The molecule has 3 aromatic rings. The summed E-state index contributed by atoms with van der Waals surface area (Å²) in [5.41, 5.74) is 0.437. The number of hydrogen-bond donors (Lipinski definition) is 1. The quantitative estimate of drug-likeness (QED) is 0.776. The Morgan fingerprint density at radius 1 is 1.48 bits per heavy atom. The van der Waals surface area contributed by atoms with Gasteiger partial charge >= 0.3 is 0 Å². The molecule has 0 unspecified atom stereocenters. The lowest BCUT2D eigenvalue weighted by atomic mass is 10.1. The van der Waals surface area contributed by atoms with Crippen LogP contribution < -0.4 is 10.9 Å². The minimum absolute atomic E-state index is 0.0510. The summed E-state index contributed by atoms with van der Waals surface area (Å²) in [5, 5.41) is 13.1. The number of amides is 1. The Kier molecular flexibility index (Phi) is 4.59. The summed E-state index contributed by atoms with van der Waals surface area (Å²) < 4.78 is 15.4. The van der Waals surface area contributed by atoms with E-state index in [1.807, 2.05) is 0 Å². The second kappa shape index (κ2) is 6.83. The molecule has 2 aromatic heterocycles. The lowest BCUT2D eigenvalue weighted by Crippen LogP contribution is -2.27. The van der Waals surface area contributed by atoms with Gasteiger partial charge in [0.1, 0.15) is 17.6 Å². The number of halogens is 1. The van der Waals surface area contributed by atoms with Crippen LogP contribution in [-0.2, 0) is 6.42 Å². The zero-order valence-corrected chi connectivity index (χ0v) is 14.1. The molecular weight excluding hydrogens is 343 g/mol. The molecule has 8 heteroatoms. The lowest BCUT2D eigenvalue weighted by molar-refractivity contribution is 0.0950. The fourth-order valence-electron chi connectivity index (χ4n) is 2.46. The molecule has 0 saturated heterocycles. The van der Waals surface area contributed by atoms with Crippen LogP contribution >= 0.6 is 11.3 Å². The third-order valence-electron chi connectivity index (χ3n) is 3.60. The van der Waals surface area contributed by atoms with Gasteiger partial charge in [-0.3, -0.25) is 9.59 Å². The van der Waals surface area contributed by atoms with Gasteiger partial charge in [-0.15, -0.1) is 11.3 Å². The molecule has 25 heavy (non-hydrogen) atoms. The molecular formula is C17H13FN4O2S. The smallest absolute Gasteiger partial charge is 0.269 e. The Hall–Kier alpha value is -3.05. The van der Waals surface area contributed by atoms with Crippen LogP contribution in [0.1, 0.15) is 34.2 Å². The number of rotatable bonds is 4. The van der Waals surface area contributed by atoms with Crippen LogP contribution in [0.25, 0.3) is 4.96 Å². The Bertz CT molecular complexity index is 1060. The van der Waals surface area contributed by atoms with Crippen molar-refractivity contribution in [3.63, 3.8) is 0 Å². The van der Waals surface area contributed by atoms with Gasteiger partial charge in [0, 0.05) is 24.4 Å². The molecule has 0 aliphatic carbocycles. The van der Waals surface area contributed by atoms with E-state index in [-0.39, 0.29) is 29.1 Å². The van der Waals surface area contributed by atoms with E-state index in [0.29, 0.717) is 17.2 Å². The van der Waals surface area contributed by atoms with Crippen molar-refractivity contribution in [3.8, 4) is 6.07 Å². The van der Waals surface area contributed by atoms with Crippen molar-refractivity contribution in [2.45, 2.75) is 13.3 Å². The van der Waals surface area contributed by atoms with Crippen LogP contribution in [0.5, 0.6) is 0 Å². The molecule has 0 bridgehead atoms. The van der Waals surface area contributed by atoms with E-state index in [4.69, 9.17) is 5.26 Å². The summed E-state index contributed by atoms with van der Waals surface area (Å²) in [5.74, 6) is -0.959. The Morgan fingerprint density at radius 3 is 3.00 bits per heavy atom. The van der Waals surface area contributed by atoms with Gasteiger partial charge < -0.3 is 5.32 Å². The molecule has 2 heterocycles. The first-order valence-corrected chi connectivity index (χ1v) is 8.39. The average Bonchev–Trinajstić information content (AvgIpc) is 3.01. The third-order valence-corrected chi connectivity index (χ3v) is 4.42. The van der Waals surface area contributed by atoms with Gasteiger partial charge in [-0.05, 0) is 18.6 Å². The zero-order chi connectivity index (χ0) is 18.0. The molecule has 0 saturated carbocycles. The van der Waals surface area contributed by atoms with Crippen molar-refractivity contribution in [3.05, 3.63) is 68.3 Å². The molecule has 0 aliphatic heterocycles. The number of carbonyl (C=O) groups is 1. The highest BCUT2D eigenvalue weighted by molar-refractivity contribution is 7.15. The van der Waals surface area contributed by atoms with Gasteiger partial charge in [0.15, 0.2) is 4.96 Å². The van der Waals surface area contributed by atoms with Crippen LogP contribution in [0.15, 0.2) is 34.4 Å². The van der Waals surface area contributed by atoms with Crippen molar-refractivity contribution >= 4 is 22.2 Å². The molecule has 0 radical (unpaired) electrons. The summed E-state index contributed by atoms with van der Waals surface area (Å²) in [4.78, 5) is 29.1. The standard InChI is InChI=1S/C17H13FN4O2S/c1-2-20-16(24)13-9-25-17-21-12(7-14(23)22(13)17)6-10-4-3-5-11(8-19)15(10)18/h3-5,7,9H,2,6H2,1H3,(H,20,24). The summed E-state index contributed by atoms with van der Waals surface area (Å²) in [6.07, 6.45) is 0.0848. The first kappa shape index (κ1) is 16.8. The summed E-state index contributed by atoms with van der Waals surface area (Å²) in [6, 6.07) is 7.59. The van der Waals surface area contributed by atoms with E-state index in [9.17, 15) is 14.0 Å². The highest BCUT2D eigenvalue weighted by Crippen LogP contribution is 2.17. The van der Waals surface area contributed by atoms with Crippen LogP contribution in [0.3, 0.4) is 0 Å². The van der Waals surface area contributed by atoms with Gasteiger partial charge in [-0.2, -0.15) is 5.26 Å². The minimum Gasteiger partial charge on any atom is -0.351 e. The third kappa shape index (κ3) is 3.14. The van der Waals surface area contributed by atoms with Gasteiger partial charge in [-0.25, -0.2) is 13.8 Å². The highest BCUT2D eigenvalue weighted by atomic mass is 32.1. The maximum atomic E-state index is 14.2. The Morgan fingerprint density at radius 2 is 2.28 bits per heavy atom. The molecule has 0 atom stereocenters. The van der Waals surface area contributed by atoms with Crippen molar-refractivity contribution < 1.29 is 9.18 Å². The van der Waals surface area contributed by atoms with Gasteiger partial charge in [-0.1, -0.05) is 12.1 Å². The first-order chi connectivity index (χ1) is 12.0. The molecule has 3 rings (SSSR count). The largest absolute Gasteiger partial charge is 0.351 e. The van der Waals surface area contributed by atoms with Crippen LogP contribution in [0.2, 0.25) is 0 Å². The number of aromatic nitrogens is 2. The van der Waals surface area contributed by atoms with E-state index in [2.05, 4.69) is 10.3 Å². The highest BCUT2D eigenvalue weighted by Gasteiger charge is 2.16. The maximum Gasteiger partial charge on any atom is 0.269 e. The molecule has 1 amide bonds. The number of carbonyl (C=O) groups excluding carboxylic acids is 1. The maximum absolute atomic E-state index is 14.2. The fourth-order valence-corrected chi connectivity index (χ4v) is 3.36. The monoisotopic (exact) mass is 356 g/mol. The van der Waals surface area contributed by atoms with Crippen LogP contribution in [0, 0.1) is 17.1 Å². The molecule has 126 valence electrons. The number of nitrogens with zero attached hydrogens (tertiary/aromatic N) is 3. The van der Waals surface area contributed by atoms with Gasteiger partial charge in [0.25, 0.3) is 11.5 Å². The summed E-state index contributed by atoms with van der Waals surface area (Å²) in [6.45, 7) is 2.24. The van der Waals surface area contributed by atoms with E-state index >= 15 is 0 Å². The fraction of sp³-hybridized carbons (Fsp3) is 0.176. The number of benzene rings is 1. The predicted octanol–water partition coefficient (Wildman–Crippen LogP) is 2.11. The van der Waals surface area contributed by atoms with Crippen LogP contribution in [0.4, 0.5) is 4.39 Å². The molecule has 0 aliphatic rings. The second-order valence-electron chi connectivity index (χ2n) is 5.25. The number of thiazole rings is 1. The second-order valence-corrected chi connectivity index (χ2v) is 6.09. The van der Waals surface area contributed by atoms with Crippen molar-refractivity contribution in [2.75, 3.05) is 6.54 Å². The van der Waals surface area contributed by atoms with E-state index in [1.165, 1.54) is 16.5 Å². The minimum atomic E-state index is -0.610. The average molecular weight is 356 g/mol. The summed E-state index contributed by atoms with van der Waals surface area (Å²) >= 11 is 1.16. The zero-order valence-electron chi connectivity index (χ0n) is 13.2. The van der Waals surface area contributed by atoms with E-state index in [1.54, 1.807) is 30.5 Å². The number of nitrogens with one attached hydrogen (secondary N) is 1. The molecule has 1 aromatic carbocycles. The van der Waals surface area contributed by atoms with Crippen molar-refractivity contribution in [1.82, 2.24) is 14.7 Å². The predicted molar refractivity (Wildman–Crippen MR) is 91.3 cm³/mol. The molecule has 1 N–H and O–H groups in total. The molecule has 0 spiro atoms. The van der Waals surface area contributed by atoms with Crippen molar-refractivity contribution in [2.24, 2.45) is 0 Å². The van der Waals surface area contributed by atoms with Crippen LogP contribution in [-0.4, -0.2) is 21.8 Å². The molecule has 0 fully saturated rings. The normalized spacial score (nSPS) is 10.6. The Labute approximate surface area is 146 Å². The first-order valence-electron chi connectivity index (χ1n) is 7.51. The summed E-state index contributed by atoms with van der Waals surface area (Å²) in [7, 11) is 0.